The van der Waals surface area contributed by atoms with Gasteiger partial charge in [0, 0.05) is 5.02 Å². The van der Waals surface area contributed by atoms with E-state index in [-0.39, 0.29) is 26.2 Å². The number of benzene rings is 6. The third kappa shape index (κ3) is 8.17. The second kappa shape index (κ2) is 17.9. The molecule has 0 radical (unpaired) electrons. The molecule has 6 aromatic rings. The van der Waals surface area contributed by atoms with Crippen molar-refractivity contribution in [1.29, 1.82) is 0 Å². The van der Waals surface area contributed by atoms with Gasteiger partial charge in [-0.25, -0.2) is 0 Å². The minimum atomic E-state index is -1.97. The van der Waals surface area contributed by atoms with Crippen LogP contribution in [0.5, 0.6) is 5.75 Å². The van der Waals surface area contributed by atoms with Gasteiger partial charge >= 0.3 is 5.97 Å². The Labute approximate surface area is 349 Å². The van der Waals surface area contributed by atoms with Crippen molar-refractivity contribution in [2.45, 2.75) is 75.2 Å². The molecule has 0 amide bonds. The van der Waals surface area contributed by atoms with Crippen LogP contribution in [-0.2, 0) is 57.3 Å². The Morgan fingerprint density at radius 3 is 1.61 bits per heavy atom. The maximum atomic E-state index is 13.8. The van der Waals surface area contributed by atoms with Crippen LogP contribution in [0.3, 0.4) is 0 Å². The Morgan fingerprint density at radius 2 is 1.08 bits per heavy atom. The number of aliphatic hydroxyl groups is 2. The molecule has 2 fully saturated rings. The SMILES string of the molecule is O=C(O)[C@@]12CC(O)[C@@](c3ccc(Cl)c(Cc4ccc(OCc5ccccc5)cc4)c3)(C1O)[C@@H](OCc1ccccc1)[C@H](OCc1ccccc1)[C@H]2OCc1ccccc1. The van der Waals surface area contributed by atoms with Gasteiger partial charge in [0.1, 0.15) is 36.1 Å². The van der Waals surface area contributed by atoms with Gasteiger partial charge in [-0.05, 0) is 70.0 Å². The van der Waals surface area contributed by atoms with Gasteiger partial charge in [0.2, 0.25) is 0 Å². The minimum Gasteiger partial charge on any atom is -0.489 e. The molecule has 7 atom stereocenters. The van der Waals surface area contributed by atoms with E-state index in [0.717, 1.165) is 39.1 Å². The average Bonchev–Trinajstić information content (AvgIpc) is 3.45. The van der Waals surface area contributed by atoms with Crippen molar-refractivity contribution in [3.05, 3.63) is 208 Å². The summed E-state index contributed by atoms with van der Waals surface area (Å²) in [6.07, 6.45) is -6.27. The number of rotatable bonds is 16. The Bertz CT molecular complexity index is 2290. The van der Waals surface area contributed by atoms with Crippen LogP contribution in [0.4, 0.5) is 0 Å². The standard InChI is InChI=1S/C50H47ClO8/c51-42-26-23-40(28-39(42)27-34-21-24-41(25-22-34)56-30-35-13-5-1-6-14-35)50-43(52)29-49(47(50)53,48(54)55)45(58-32-37-17-9-3-10-18-37)44(57-31-36-15-7-2-8-16-36)46(50)59-33-38-19-11-4-12-20-38/h1-26,28,43-47,52-53H,27,29-33H2,(H,54,55)/t43?,44-,45-,46+,47?,49-,50-/m1/s1. The lowest BCUT2D eigenvalue weighted by molar-refractivity contribution is -0.257. The van der Waals surface area contributed by atoms with E-state index in [9.17, 15) is 20.1 Å². The van der Waals surface area contributed by atoms with Gasteiger partial charge in [-0.1, -0.05) is 157 Å². The Kier molecular flexibility index (Phi) is 12.3. The smallest absolute Gasteiger partial charge is 0.315 e. The van der Waals surface area contributed by atoms with E-state index in [1.54, 1.807) is 12.1 Å². The molecule has 2 bridgehead atoms. The van der Waals surface area contributed by atoms with Crippen molar-refractivity contribution in [2.75, 3.05) is 0 Å². The number of aliphatic hydroxyl groups excluding tert-OH is 2. The molecule has 6 aromatic carbocycles. The zero-order valence-electron chi connectivity index (χ0n) is 32.5. The highest BCUT2D eigenvalue weighted by Crippen LogP contribution is 2.62. The summed E-state index contributed by atoms with van der Waals surface area (Å²) in [4.78, 5) is 13.8. The van der Waals surface area contributed by atoms with Gasteiger partial charge in [0.25, 0.3) is 0 Å². The molecule has 0 aromatic heterocycles. The van der Waals surface area contributed by atoms with E-state index in [4.69, 9.17) is 30.5 Å². The molecule has 2 aliphatic carbocycles. The van der Waals surface area contributed by atoms with Crippen molar-refractivity contribution in [2.24, 2.45) is 5.41 Å². The Hall–Kier alpha value is -5.32. The first-order valence-corrected chi connectivity index (χ1v) is 20.3. The van der Waals surface area contributed by atoms with Crippen LogP contribution >= 0.6 is 11.6 Å². The van der Waals surface area contributed by atoms with E-state index in [1.165, 1.54) is 0 Å². The quantitative estimate of drug-likeness (QED) is 0.0890. The molecular formula is C50H47ClO8. The third-order valence-corrected chi connectivity index (χ3v) is 12.3. The van der Waals surface area contributed by atoms with Gasteiger partial charge in [0.15, 0.2) is 0 Å². The summed E-state index contributed by atoms with van der Waals surface area (Å²) in [7, 11) is 0. The number of aliphatic carboxylic acids is 1. The van der Waals surface area contributed by atoms with Crippen molar-refractivity contribution in [3.63, 3.8) is 0 Å². The molecule has 0 saturated heterocycles. The highest BCUT2D eigenvalue weighted by atomic mass is 35.5. The van der Waals surface area contributed by atoms with Gasteiger partial charge in [-0.15, -0.1) is 0 Å². The number of carboxylic acid groups (broad SMARTS) is 1. The minimum absolute atomic E-state index is 0.0497. The lowest BCUT2D eigenvalue weighted by atomic mass is 9.58. The molecule has 3 N–H and O–H groups in total. The predicted octanol–water partition coefficient (Wildman–Crippen LogP) is 8.71. The Morgan fingerprint density at radius 1 is 0.593 bits per heavy atom. The van der Waals surface area contributed by atoms with Crippen LogP contribution in [-0.4, -0.2) is 51.8 Å². The van der Waals surface area contributed by atoms with Crippen molar-refractivity contribution >= 4 is 17.6 Å². The largest absolute Gasteiger partial charge is 0.489 e. The number of carboxylic acids is 1. The molecule has 0 heterocycles. The number of hydrogen-bond acceptors (Lipinski definition) is 7. The number of fused-ring (bicyclic) bond motifs is 2. The first kappa shape index (κ1) is 40.5. The van der Waals surface area contributed by atoms with E-state index < -0.39 is 47.3 Å². The summed E-state index contributed by atoms with van der Waals surface area (Å²) >= 11 is 6.91. The number of ether oxygens (including phenoxy) is 4. The van der Waals surface area contributed by atoms with E-state index >= 15 is 0 Å². The number of carbonyl (C=O) groups is 1. The second-order valence-electron chi connectivity index (χ2n) is 15.5. The number of halogens is 1. The molecule has 0 spiro atoms. The summed E-state index contributed by atoms with van der Waals surface area (Å²) in [6.45, 7) is 0.702. The molecule has 302 valence electrons. The molecule has 59 heavy (non-hydrogen) atoms. The fourth-order valence-electron chi connectivity index (χ4n) is 8.97. The van der Waals surface area contributed by atoms with Crippen LogP contribution in [0.2, 0.25) is 5.02 Å². The van der Waals surface area contributed by atoms with Crippen LogP contribution in [0, 0.1) is 5.41 Å². The van der Waals surface area contributed by atoms with Crippen molar-refractivity contribution in [3.8, 4) is 5.75 Å². The molecule has 2 saturated carbocycles. The molecule has 8 rings (SSSR count). The molecule has 2 unspecified atom stereocenters. The summed E-state index contributed by atoms with van der Waals surface area (Å²) in [5.74, 6) is -0.563. The van der Waals surface area contributed by atoms with Gasteiger partial charge < -0.3 is 34.3 Å². The van der Waals surface area contributed by atoms with Crippen LogP contribution in [0.25, 0.3) is 0 Å². The maximum Gasteiger partial charge on any atom is 0.315 e. The summed E-state index contributed by atoms with van der Waals surface area (Å²) in [6, 6.07) is 51.7. The first-order chi connectivity index (χ1) is 28.8. The van der Waals surface area contributed by atoms with Gasteiger partial charge in [-0.2, -0.15) is 0 Å². The number of hydrogen-bond donors (Lipinski definition) is 3. The van der Waals surface area contributed by atoms with E-state index in [2.05, 4.69) is 0 Å². The van der Waals surface area contributed by atoms with Crippen molar-refractivity contribution in [1.82, 2.24) is 0 Å². The molecular weight excluding hydrogens is 764 g/mol. The summed E-state index contributed by atoms with van der Waals surface area (Å²) in [5.41, 5.74) is 2.14. The zero-order chi connectivity index (χ0) is 40.8. The zero-order valence-corrected chi connectivity index (χ0v) is 33.2. The normalized spacial score (nSPS) is 24.8. The maximum absolute atomic E-state index is 13.8. The van der Waals surface area contributed by atoms with Crippen LogP contribution in [0.15, 0.2) is 164 Å². The highest BCUT2D eigenvalue weighted by molar-refractivity contribution is 6.31. The predicted molar refractivity (Wildman–Crippen MR) is 225 cm³/mol. The topological polar surface area (TPSA) is 115 Å². The highest BCUT2D eigenvalue weighted by Gasteiger charge is 2.78. The average molecular weight is 811 g/mol. The molecule has 9 heteroatoms. The fraction of sp³-hybridized carbons (Fsp3) is 0.260. The van der Waals surface area contributed by atoms with Gasteiger partial charge in [-0.3, -0.25) is 4.79 Å². The van der Waals surface area contributed by atoms with Crippen molar-refractivity contribution < 1.29 is 39.1 Å². The summed E-state index contributed by atoms with van der Waals surface area (Å²) < 4.78 is 26.4. The Balaban J connectivity index is 1.19. The lowest BCUT2D eigenvalue weighted by Crippen LogP contribution is -2.71. The van der Waals surface area contributed by atoms with E-state index in [0.29, 0.717) is 23.6 Å². The molecule has 2 aliphatic rings. The van der Waals surface area contributed by atoms with Crippen LogP contribution in [0.1, 0.15) is 45.4 Å². The monoisotopic (exact) mass is 810 g/mol. The lowest BCUT2D eigenvalue weighted by Gasteiger charge is -2.54. The van der Waals surface area contributed by atoms with Crippen LogP contribution < -0.4 is 4.74 Å². The molecule has 8 nitrogen and oxygen atoms in total. The van der Waals surface area contributed by atoms with Gasteiger partial charge in [0.05, 0.1) is 37.4 Å². The summed E-state index contributed by atoms with van der Waals surface area (Å²) in [5, 5.41) is 37.1. The third-order valence-electron chi connectivity index (χ3n) is 11.9. The van der Waals surface area contributed by atoms with E-state index in [1.807, 2.05) is 152 Å². The fourth-order valence-corrected chi connectivity index (χ4v) is 9.16. The second-order valence-corrected chi connectivity index (χ2v) is 15.9. The first-order valence-electron chi connectivity index (χ1n) is 19.9. The molecule has 0 aliphatic heterocycles.